The molecular weight excluding hydrogens is 408 g/mol. The Morgan fingerprint density at radius 3 is 3.03 bits per heavy atom. The maximum Gasteiger partial charge on any atom is 0.357 e. The molecular formula is C19H16N6O2S2. The fourth-order valence-corrected chi connectivity index (χ4v) is 4.84. The summed E-state index contributed by atoms with van der Waals surface area (Å²) in [6.45, 7) is 2.84. The number of anilines is 4. The fraction of sp³-hybridized carbons (Fsp3) is 0.211. The average Bonchev–Trinajstić information content (AvgIpc) is 3.45. The Hall–Kier alpha value is -3.11. The molecule has 0 spiro atoms. The van der Waals surface area contributed by atoms with Gasteiger partial charge in [-0.2, -0.15) is 0 Å². The van der Waals surface area contributed by atoms with Gasteiger partial charge in [-0.3, -0.25) is 0 Å². The summed E-state index contributed by atoms with van der Waals surface area (Å²) in [6.07, 6.45) is 0.827. The molecule has 1 N–H and O–H groups in total. The molecule has 0 unspecified atom stereocenters. The van der Waals surface area contributed by atoms with Crippen LogP contribution >= 0.6 is 22.7 Å². The maximum absolute atomic E-state index is 11.9. The third kappa shape index (κ3) is 3.40. The van der Waals surface area contributed by atoms with Crippen molar-refractivity contribution in [1.29, 1.82) is 0 Å². The minimum atomic E-state index is -0.407. The van der Waals surface area contributed by atoms with E-state index < -0.39 is 5.97 Å². The highest BCUT2D eigenvalue weighted by atomic mass is 32.1. The van der Waals surface area contributed by atoms with E-state index in [1.54, 1.807) is 23.6 Å². The van der Waals surface area contributed by atoms with Gasteiger partial charge in [0.15, 0.2) is 27.6 Å². The second-order valence-electron chi connectivity index (χ2n) is 6.33. The molecule has 0 radical (unpaired) electrons. The summed E-state index contributed by atoms with van der Waals surface area (Å²) >= 11 is 2.98. The predicted molar refractivity (Wildman–Crippen MR) is 114 cm³/mol. The average molecular weight is 425 g/mol. The number of aromatic nitrogens is 4. The van der Waals surface area contributed by atoms with Gasteiger partial charge in [-0.05, 0) is 31.5 Å². The minimum Gasteiger partial charge on any atom is -0.461 e. The molecule has 3 aromatic heterocycles. The lowest BCUT2D eigenvalue weighted by Crippen LogP contribution is -2.15. The van der Waals surface area contributed by atoms with Gasteiger partial charge in [0.05, 0.1) is 16.8 Å². The van der Waals surface area contributed by atoms with Crippen LogP contribution in [0.15, 0.2) is 35.7 Å². The first-order chi connectivity index (χ1) is 14.2. The van der Waals surface area contributed by atoms with Gasteiger partial charge in [0, 0.05) is 17.5 Å². The number of hydrogen-bond acceptors (Lipinski definition) is 10. The standard InChI is InChI=1S/C19H16N6O2S2/c1-2-27-17(26)13-10-28-19(21-13)25-8-7-11-9-15(23-24-16(11)25)22-18-20-12-5-3-4-6-14(12)29-18/h3-6,9-10H,2,7-8H2,1H3,(H,20,22,23). The Morgan fingerprint density at radius 1 is 1.28 bits per heavy atom. The summed E-state index contributed by atoms with van der Waals surface area (Å²) in [6, 6.07) is 10.0. The summed E-state index contributed by atoms with van der Waals surface area (Å²) in [5, 5.41) is 15.2. The number of nitrogens with one attached hydrogen (secondary N) is 1. The van der Waals surface area contributed by atoms with Crippen LogP contribution in [0.4, 0.5) is 21.9 Å². The molecule has 0 aliphatic carbocycles. The van der Waals surface area contributed by atoms with E-state index in [0.29, 0.717) is 23.3 Å². The molecule has 0 atom stereocenters. The monoisotopic (exact) mass is 424 g/mol. The van der Waals surface area contributed by atoms with Crippen LogP contribution in [-0.2, 0) is 11.2 Å². The van der Waals surface area contributed by atoms with Crippen molar-refractivity contribution in [2.75, 3.05) is 23.4 Å². The fourth-order valence-electron chi connectivity index (χ4n) is 3.14. The SMILES string of the molecule is CCOC(=O)c1csc(N2CCc3cc(Nc4nc5ccccc5s4)nnc32)n1. The molecule has 0 fully saturated rings. The van der Waals surface area contributed by atoms with Crippen LogP contribution in [-0.4, -0.2) is 39.3 Å². The van der Waals surface area contributed by atoms with Gasteiger partial charge < -0.3 is 15.0 Å². The van der Waals surface area contributed by atoms with Gasteiger partial charge in [0.2, 0.25) is 0 Å². The number of carbonyl (C=O) groups excluding carboxylic acids is 1. The van der Waals surface area contributed by atoms with E-state index in [0.717, 1.165) is 39.7 Å². The van der Waals surface area contributed by atoms with E-state index in [-0.39, 0.29) is 0 Å². The van der Waals surface area contributed by atoms with E-state index in [1.165, 1.54) is 11.3 Å². The lowest BCUT2D eigenvalue weighted by molar-refractivity contribution is 0.0520. The van der Waals surface area contributed by atoms with Crippen LogP contribution in [0, 0.1) is 0 Å². The zero-order valence-electron chi connectivity index (χ0n) is 15.5. The van der Waals surface area contributed by atoms with Gasteiger partial charge in [0.1, 0.15) is 0 Å². The number of benzene rings is 1. The van der Waals surface area contributed by atoms with Crippen LogP contribution in [0.2, 0.25) is 0 Å². The molecule has 4 heterocycles. The first-order valence-electron chi connectivity index (χ1n) is 9.10. The number of ether oxygens (including phenoxy) is 1. The van der Waals surface area contributed by atoms with Crippen molar-refractivity contribution in [3.8, 4) is 0 Å². The second-order valence-corrected chi connectivity index (χ2v) is 8.19. The third-order valence-corrected chi connectivity index (χ3v) is 6.26. The smallest absolute Gasteiger partial charge is 0.357 e. The van der Waals surface area contributed by atoms with Crippen molar-refractivity contribution in [3.05, 3.63) is 47.0 Å². The molecule has 1 aliphatic heterocycles. The van der Waals surface area contributed by atoms with Crippen molar-refractivity contribution in [3.63, 3.8) is 0 Å². The summed E-state index contributed by atoms with van der Waals surface area (Å²) in [4.78, 5) is 22.8. The van der Waals surface area contributed by atoms with Crippen molar-refractivity contribution < 1.29 is 9.53 Å². The molecule has 5 rings (SSSR count). The zero-order valence-corrected chi connectivity index (χ0v) is 17.1. The number of carbonyl (C=O) groups is 1. The topological polar surface area (TPSA) is 93.1 Å². The second kappa shape index (κ2) is 7.37. The number of thiazole rings is 2. The molecule has 146 valence electrons. The number of fused-ring (bicyclic) bond motifs is 2. The lowest BCUT2D eigenvalue weighted by atomic mass is 10.2. The Bertz CT molecular complexity index is 1170. The lowest BCUT2D eigenvalue weighted by Gasteiger charge is -2.13. The summed E-state index contributed by atoms with van der Waals surface area (Å²) in [7, 11) is 0. The van der Waals surface area contributed by atoms with E-state index in [1.807, 2.05) is 35.2 Å². The molecule has 10 heteroatoms. The van der Waals surface area contributed by atoms with Crippen LogP contribution in [0.1, 0.15) is 23.0 Å². The highest BCUT2D eigenvalue weighted by Gasteiger charge is 2.26. The van der Waals surface area contributed by atoms with E-state index >= 15 is 0 Å². The van der Waals surface area contributed by atoms with Gasteiger partial charge in [0.25, 0.3) is 0 Å². The van der Waals surface area contributed by atoms with Gasteiger partial charge in [-0.1, -0.05) is 23.5 Å². The van der Waals surface area contributed by atoms with E-state index in [4.69, 9.17) is 4.74 Å². The zero-order chi connectivity index (χ0) is 19.8. The highest BCUT2D eigenvalue weighted by molar-refractivity contribution is 7.22. The normalized spacial score (nSPS) is 12.9. The Kier molecular flexibility index (Phi) is 4.57. The molecule has 4 aromatic rings. The summed E-state index contributed by atoms with van der Waals surface area (Å²) < 4.78 is 6.13. The number of para-hydroxylation sites is 1. The Morgan fingerprint density at radius 2 is 2.17 bits per heavy atom. The molecule has 0 bridgehead atoms. The molecule has 1 aromatic carbocycles. The number of hydrogen-bond donors (Lipinski definition) is 1. The molecule has 0 amide bonds. The molecule has 1 aliphatic rings. The van der Waals surface area contributed by atoms with Crippen molar-refractivity contribution in [2.45, 2.75) is 13.3 Å². The molecule has 0 saturated heterocycles. The largest absolute Gasteiger partial charge is 0.461 e. The van der Waals surface area contributed by atoms with Gasteiger partial charge in [-0.15, -0.1) is 21.5 Å². The van der Waals surface area contributed by atoms with Crippen LogP contribution in [0.25, 0.3) is 10.2 Å². The first kappa shape index (κ1) is 18.0. The molecule has 0 saturated carbocycles. The quantitative estimate of drug-likeness (QED) is 0.478. The third-order valence-electron chi connectivity index (χ3n) is 4.45. The molecule has 8 nitrogen and oxygen atoms in total. The maximum atomic E-state index is 11.9. The van der Waals surface area contributed by atoms with E-state index in [9.17, 15) is 4.79 Å². The van der Waals surface area contributed by atoms with Gasteiger partial charge >= 0.3 is 5.97 Å². The minimum absolute atomic E-state index is 0.322. The van der Waals surface area contributed by atoms with Crippen LogP contribution in [0.3, 0.4) is 0 Å². The molecule has 29 heavy (non-hydrogen) atoms. The highest BCUT2D eigenvalue weighted by Crippen LogP contribution is 2.36. The van der Waals surface area contributed by atoms with Gasteiger partial charge in [-0.25, -0.2) is 14.8 Å². The van der Waals surface area contributed by atoms with Crippen LogP contribution in [0.5, 0.6) is 0 Å². The van der Waals surface area contributed by atoms with Crippen molar-refractivity contribution in [2.24, 2.45) is 0 Å². The van der Waals surface area contributed by atoms with Crippen molar-refractivity contribution in [1.82, 2.24) is 20.2 Å². The Labute approximate surface area is 174 Å². The first-order valence-corrected chi connectivity index (χ1v) is 10.8. The Balaban J connectivity index is 1.36. The van der Waals surface area contributed by atoms with E-state index in [2.05, 4.69) is 25.5 Å². The van der Waals surface area contributed by atoms with Crippen molar-refractivity contribution >= 4 is 60.8 Å². The van der Waals surface area contributed by atoms with Crippen LogP contribution < -0.4 is 10.2 Å². The summed E-state index contributed by atoms with van der Waals surface area (Å²) in [5.41, 5.74) is 2.36. The number of esters is 1. The number of nitrogens with zero attached hydrogens (tertiary/aromatic N) is 5. The predicted octanol–water partition coefficient (Wildman–Crippen LogP) is 4.16. The number of rotatable bonds is 5. The summed E-state index contributed by atoms with van der Waals surface area (Å²) in [5.74, 6) is 1.02.